The summed E-state index contributed by atoms with van der Waals surface area (Å²) < 4.78 is 0. The summed E-state index contributed by atoms with van der Waals surface area (Å²) in [6, 6.07) is 0. The van der Waals surface area contributed by atoms with Crippen LogP contribution >= 0.6 is 0 Å². The van der Waals surface area contributed by atoms with Gasteiger partial charge in [0.2, 0.25) is 0 Å². The van der Waals surface area contributed by atoms with Crippen molar-refractivity contribution in [3.05, 3.63) is 0 Å². The number of nitrogens with two attached hydrogens (primary N) is 1. The highest BCUT2D eigenvalue weighted by atomic mass is 16.3. The summed E-state index contributed by atoms with van der Waals surface area (Å²) in [7, 11) is 0. The lowest BCUT2D eigenvalue weighted by molar-refractivity contribution is -0.0943. The molecular weight excluding hydrogens is 174 g/mol. The first-order valence-corrected chi connectivity index (χ1v) is 6.03. The van der Waals surface area contributed by atoms with Gasteiger partial charge in [0.15, 0.2) is 0 Å². The summed E-state index contributed by atoms with van der Waals surface area (Å²) in [6.07, 6.45) is 9.62. The van der Waals surface area contributed by atoms with Gasteiger partial charge in [-0.05, 0) is 38.5 Å². The van der Waals surface area contributed by atoms with Crippen LogP contribution in [-0.2, 0) is 0 Å². The molecule has 2 fully saturated rings. The summed E-state index contributed by atoms with van der Waals surface area (Å²) in [5, 5.41) is 9.77. The Morgan fingerprint density at radius 2 is 1.57 bits per heavy atom. The van der Waals surface area contributed by atoms with Crippen molar-refractivity contribution < 1.29 is 5.11 Å². The summed E-state index contributed by atoms with van der Waals surface area (Å²) in [5.74, 6) is 0.672. The van der Waals surface area contributed by atoms with Crippen LogP contribution in [0.1, 0.15) is 58.3 Å². The Hall–Kier alpha value is -0.0800. The van der Waals surface area contributed by atoms with E-state index < -0.39 is 5.60 Å². The molecule has 0 aromatic carbocycles. The maximum Gasteiger partial charge on any atom is 0.0655 e. The van der Waals surface area contributed by atoms with E-state index in [0.717, 1.165) is 12.8 Å². The van der Waals surface area contributed by atoms with Crippen molar-refractivity contribution in [3.63, 3.8) is 0 Å². The average molecular weight is 197 g/mol. The highest BCUT2D eigenvalue weighted by Gasteiger charge is 2.52. The predicted octanol–water partition coefficient (Wildman–Crippen LogP) is 2.20. The van der Waals surface area contributed by atoms with E-state index >= 15 is 0 Å². The van der Waals surface area contributed by atoms with E-state index in [4.69, 9.17) is 5.73 Å². The maximum atomic E-state index is 9.77. The third-order valence-corrected chi connectivity index (χ3v) is 4.09. The van der Waals surface area contributed by atoms with Crippen LogP contribution in [0.3, 0.4) is 0 Å². The topological polar surface area (TPSA) is 46.2 Å². The Morgan fingerprint density at radius 3 is 2.00 bits per heavy atom. The van der Waals surface area contributed by atoms with Gasteiger partial charge in [-0.15, -0.1) is 0 Å². The standard InChI is InChI=1S/C12H23NO/c1-11(14)8-12(13,9-11)10-6-4-2-3-5-7-10/h10,14H,2-9,13H2,1H3. The molecule has 2 saturated carbocycles. The Kier molecular flexibility index (Phi) is 2.61. The van der Waals surface area contributed by atoms with Crippen molar-refractivity contribution >= 4 is 0 Å². The second-order valence-electron chi connectivity index (χ2n) is 5.77. The molecule has 0 saturated heterocycles. The molecule has 0 radical (unpaired) electrons. The van der Waals surface area contributed by atoms with Crippen molar-refractivity contribution in [2.75, 3.05) is 0 Å². The highest BCUT2D eigenvalue weighted by Crippen LogP contribution is 2.47. The molecular formula is C12H23NO. The Balaban J connectivity index is 1.94. The van der Waals surface area contributed by atoms with E-state index in [-0.39, 0.29) is 5.54 Å². The summed E-state index contributed by atoms with van der Waals surface area (Å²) in [5.41, 5.74) is 5.86. The lowest BCUT2D eigenvalue weighted by Crippen LogP contribution is -2.64. The predicted molar refractivity (Wildman–Crippen MR) is 58.0 cm³/mol. The molecule has 2 rings (SSSR count). The number of aliphatic hydroxyl groups is 1. The first-order chi connectivity index (χ1) is 6.52. The van der Waals surface area contributed by atoms with Gasteiger partial charge in [0, 0.05) is 5.54 Å². The molecule has 0 bridgehead atoms. The molecule has 0 spiro atoms. The molecule has 0 heterocycles. The van der Waals surface area contributed by atoms with E-state index in [9.17, 15) is 5.11 Å². The van der Waals surface area contributed by atoms with Gasteiger partial charge in [-0.3, -0.25) is 0 Å². The van der Waals surface area contributed by atoms with Gasteiger partial charge < -0.3 is 10.8 Å². The fraction of sp³-hybridized carbons (Fsp3) is 1.00. The summed E-state index contributed by atoms with van der Waals surface area (Å²) >= 11 is 0. The average Bonchev–Trinajstić information content (AvgIpc) is 2.27. The molecule has 0 aromatic heterocycles. The van der Waals surface area contributed by atoms with Crippen LogP contribution in [0.25, 0.3) is 0 Å². The zero-order valence-electron chi connectivity index (χ0n) is 9.26. The summed E-state index contributed by atoms with van der Waals surface area (Å²) in [6.45, 7) is 1.91. The fourth-order valence-electron chi connectivity index (χ4n) is 3.51. The monoisotopic (exact) mass is 197 g/mol. The third kappa shape index (κ3) is 1.96. The van der Waals surface area contributed by atoms with E-state index in [1.807, 2.05) is 6.92 Å². The van der Waals surface area contributed by atoms with Crippen molar-refractivity contribution in [2.45, 2.75) is 69.4 Å². The normalized spacial score (nSPS) is 45.6. The molecule has 0 aliphatic heterocycles. The van der Waals surface area contributed by atoms with Crippen LogP contribution in [0.5, 0.6) is 0 Å². The zero-order valence-corrected chi connectivity index (χ0v) is 9.26. The van der Waals surface area contributed by atoms with Gasteiger partial charge in [0.25, 0.3) is 0 Å². The molecule has 2 aliphatic carbocycles. The smallest absolute Gasteiger partial charge is 0.0655 e. The molecule has 2 nitrogen and oxygen atoms in total. The van der Waals surface area contributed by atoms with E-state index in [2.05, 4.69) is 0 Å². The van der Waals surface area contributed by atoms with Gasteiger partial charge in [-0.25, -0.2) is 0 Å². The molecule has 14 heavy (non-hydrogen) atoms. The van der Waals surface area contributed by atoms with Crippen LogP contribution in [0.15, 0.2) is 0 Å². The Labute approximate surface area is 86.9 Å². The second kappa shape index (κ2) is 3.49. The van der Waals surface area contributed by atoms with Crippen LogP contribution in [0.2, 0.25) is 0 Å². The van der Waals surface area contributed by atoms with Crippen LogP contribution < -0.4 is 5.73 Å². The van der Waals surface area contributed by atoms with Gasteiger partial charge >= 0.3 is 0 Å². The molecule has 0 unspecified atom stereocenters. The van der Waals surface area contributed by atoms with Crippen LogP contribution in [0.4, 0.5) is 0 Å². The molecule has 0 amide bonds. The lowest BCUT2D eigenvalue weighted by atomic mass is 9.59. The van der Waals surface area contributed by atoms with Gasteiger partial charge in [-0.2, -0.15) is 0 Å². The van der Waals surface area contributed by atoms with Gasteiger partial charge in [-0.1, -0.05) is 25.7 Å². The molecule has 2 aliphatic rings. The molecule has 0 aromatic rings. The van der Waals surface area contributed by atoms with Crippen molar-refractivity contribution in [3.8, 4) is 0 Å². The second-order valence-corrected chi connectivity index (χ2v) is 5.77. The van der Waals surface area contributed by atoms with Gasteiger partial charge in [0.1, 0.15) is 0 Å². The maximum absolute atomic E-state index is 9.77. The van der Waals surface area contributed by atoms with E-state index in [0.29, 0.717) is 5.92 Å². The number of rotatable bonds is 1. The Bertz CT molecular complexity index is 196. The van der Waals surface area contributed by atoms with E-state index in [1.54, 1.807) is 0 Å². The Morgan fingerprint density at radius 1 is 1.07 bits per heavy atom. The minimum atomic E-state index is -0.471. The molecule has 3 N–H and O–H groups in total. The minimum absolute atomic E-state index is 0.0339. The van der Waals surface area contributed by atoms with Crippen LogP contribution in [-0.4, -0.2) is 16.2 Å². The SMILES string of the molecule is CC1(O)CC(N)(C2CCCCCC2)C1. The van der Waals surface area contributed by atoms with Crippen LogP contribution in [0, 0.1) is 5.92 Å². The minimum Gasteiger partial charge on any atom is -0.390 e. The molecule has 82 valence electrons. The van der Waals surface area contributed by atoms with Crippen molar-refractivity contribution in [2.24, 2.45) is 11.7 Å². The third-order valence-electron chi connectivity index (χ3n) is 4.09. The van der Waals surface area contributed by atoms with Crippen molar-refractivity contribution in [1.82, 2.24) is 0 Å². The fourth-order valence-corrected chi connectivity index (χ4v) is 3.51. The zero-order chi connectivity index (χ0) is 10.2. The number of hydrogen-bond donors (Lipinski definition) is 2. The first-order valence-electron chi connectivity index (χ1n) is 6.03. The quantitative estimate of drug-likeness (QED) is 0.633. The number of hydrogen-bond acceptors (Lipinski definition) is 2. The van der Waals surface area contributed by atoms with Gasteiger partial charge in [0.05, 0.1) is 5.60 Å². The highest BCUT2D eigenvalue weighted by molar-refractivity contribution is 5.09. The van der Waals surface area contributed by atoms with Crippen molar-refractivity contribution in [1.29, 1.82) is 0 Å². The van der Waals surface area contributed by atoms with E-state index in [1.165, 1.54) is 38.5 Å². The largest absolute Gasteiger partial charge is 0.390 e. The molecule has 2 heteroatoms. The molecule has 0 atom stereocenters. The first kappa shape index (κ1) is 10.4. The summed E-state index contributed by atoms with van der Waals surface area (Å²) in [4.78, 5) is 0. The lowest BCUT2D eigenvalue weighted by Gasteiger charge is -2.53.